The predicted octanol–water partition coefficient (Wildman–Crippen LogP) is 2.72. The van der Waals surface area contributed by atoms with Crippen LogP contribution in [0, 0.1) is 30.3 Å². The Morgan fingerprint density at radius 3 is 2.12 bits per heavy atom. The van der Waals surface area contributed by atoms with Gasteiger partial charge in [-0.2, -0.15) is 5.10 Å². The SMILES string of the molecule is COc1ccc(C(C)=NNc2cc(OCC(=O)O)c([N+](=O)[O-])cc2[N+](=O)[O-])cc1[N+](=O)[O-]. The normalized spacial score (nSPS) is 10.9. The summed E-state index contributed by atoms with van der Waals surface area (Å²) < 4.78 is 9.77. The van der Waals surface area contributed by atoms with E-state index in [4.69, 9.17) is 14.6 Å². The highest BCUT2D eigenvalue weighted by Crippen LogP contribution is 2.37. The number of carboxylic acids is 1. The second kappa shape index (κ2) is 9.79. The highest BCUT2D eigenvalue weighted by atomic mass is 16.6. The van der Waals surface area contributed by atoms with Gasteiger partial charge < -0.3 is 14.6 Å². The number of aliphatic carboxylic acids is 1. The maximum Gasteiger partial charge on any atom is 0.341 e. The van der Waals surface area contributed by atoms with Crippen molar-refractivity contribution in [3.8, 4) is 11.5 Å². The lowest BCUT2D eigenvalue weighted by molar-refractivity contribution is -0.394. The fourth-order valence-electron chi connectivity index (χ4n) is 2.46. The lowest BCUT2D eigenvalue weighted by Crippen LogP contribution is -2.11. The van der Waals surface area contributed by atoms with Gasteiger partial charge in [0.05, 0.1) is 27.6 Å². The molecule has 0 aliphatic carbocycles. The van der Waals surface area contributed by atoms with Gasteiger partial charge in [0.1, 0.15) is 11.8 Å². The Labute approximate surface area is 178 Å². The zero-order valence-electron chi connectivity index (χ0n) is 16.5. The number of carboxylic acid groups (broad SMARTS) is 1. The van der Waals surface area contributed by atoms with E-state index < -0.39 is 44.5 Å². The fraction of sp³-hybridized carbons (Fsp3) is 0.176. The molecule has 0 aromatic heterocycles. The number of hydrogen-bond donors (Lipinski definition) is 2. The summed E-state index contributed by atoms with van der Waals surface area (Å²) in [5.41, 5.74) is 0.631. The number of ether oxygens (including phenoxy) is 2. The van der Waals surface area contributed by atoms with Gasteiger partial charge in [-0.15, -0.1) is 0 Å². The molecular formula is C17H15N5O10. The van der Waals surface area contributed by atoms with Crippen molar-refractivity contribution in [3.63, 3.8) is 0 Å². The van der Waals surface area contributed by atoms with Gasteiger partial charge in [0.25, 0.3) is 0 Å². The second-order valence-electron chi connectivity index (χ2n) is 5.99. The number of hydrazone groups is 1. The van der Waals surface area contributed by atoms with Crippen molar-refractivity contribution >= 4 is 34.4 Å². The molecule has 0 aliphatic heterocycles. The average molecular weight is 449 g/mol. The van der Waals surface area contributed by atoms with Gasteiger partial charge in [0.2, 0.25) is 0 Å². The van der Waals surface area contributed by atoms with E-state index in [9.17, 15) is 35.1 Å². The molecule has 0 bridgehead atoms. The van der Waals surface area contributed by atoms with E-state index in [0.717, 1.165) is 6.07 Å². The molecule has 0 saturated carbocycles. The van der Waals surface area contributed by atoms with Crippen LogP contribution in [0.2, 0.25) is 0 Å². The van der Waals surface area contributed by atoms with E-state index in [0.29, 0.717) is 6.07 Å². The summed E-state index contributed by atoms with van der Waals surface area (Å²) in [6, 6.07) is 5.47. The molecule has 0 amide bonds. The number of benzene rings is 2. The van der Waals surface area contributed by atoms with Crippen LogP contribution in [0.15, 0.2) is 35.4 Å². The summed E-state index contributed by atoms with van der Waals surface area (Å²) in [6.45, 7) is 0.535. The van der Waals surface area contributed by atoms with Crippen LogP contribution in [0.25, 0.3) is 0 Å². The number of nitro benzene ring substituents is 3. The minimum atomic E-state index is -1.41. The Morgan fingerprint density at radius 2 is 1.59 bits per heavy atom. The first kappa shape index (κ1) is 23.5. The number of carbonyl (C=O) groups is 1. The van der Waals surface area contributed by atoms with Gasteiger partial charge >= 0.3 is 23.0 Å². The smallest absolute Gasteiger partial charge is 0.341 e. The third-order valence-electron chi connectivity index (χ3n) is 3.96. The van der Waals surface area contributed by atoms with Crippen molar-refractivity contribution in [2.75, 3.05) is 19.1 Å². The molecule has 2 aromatic rings. The lowest BCUT2D eigenvalue weighted by Gasteiger charge is -2.09. The Morgan fingerprint density at radius 1 is 1.00 bits per heavy atom. The number of nitrogens with zero attached hydrogens (tertiary/aromatic N) is 4. The molecule has 0 atom stereocenters. The number of nitro groups is 3. The molecule has 15 nitrogen and oxygen atoms in total. The summed E-state index contributed by atoms with van der Waals surface area (Å²) >= 11 is 0. The highest BCUT2D eigenvalue weighted by Gasteiger charge is 2.26. The largest absolute Gasteiger partial charge is 0.490 e. The van der Waals surface area contributed by atoms with E-state index in [1.165, 1.54) is 32.2 Å². The Balaban J connectivity index is 2.47. The summed E-state index contributed by atoms with van der Waals surface area (Å²) in [4.78, 5) is 41.9. The molecule has 0 fully saturated rings. The van der Waals surface area contributed by atoms with Crippen LogP contribution in [0.4, 0.5) is 22.7 Å². The first-order valence-electron chi connectivity index (χ1n) is 8.49. The number of nitrogens with one attached hydrogen (secondary N) is 1. The van der Waals surface area contributed by atoms with Crippen molar-refractivity contribution in [2.45, 2.75) is 6.92 Å². The Bertz CT molecular complexity index is 1130. The molecule has 32 heavy (non-hydrogen) atoms. The third-order valence-corrected chi connectivity index (χ3v) is 3.96. The molecule has 0 heterocycles. The zero-order valence-corrected chi connectivity index (χ0v) is 16.5. The van der Waals surface area contributed by atoms with Gasteiger partial charge in [-0.05, 0) is 19.1 Å². The number of hydrogen-bond acceptors (Lipinski definition) is 11. The second-order valence-corrected chi connectivity index (χ2v) is 5.99. The van der Waals surface area contributed by atoms with Gasteiger partial charge in [-0.1, -0.05) is 0 Å². The molecule has 0 unspecified atom stereocenters. The monoisotopic (exact) mass is 449 g/mol. The van der Waals surface area contributed by atoms with Crippen LogP contribution in [-0.2, 0) is 4.79 Å². The molecule has 2 rings (SSSR count). The van der Waals surface area contributed by atoms with E-state index in [1.807, 2.05) is 0 Å². The van der Waals surface area contributed by atoms with Crippen molar-refractivity contribution in [3.05, 3.63) is 66.2 Å². The van der Waals surface area contributed by atoms with Crippen LogP contribution in [0.5, 0.6) is 11.5 Å². The van der Waals surface area contributed by atoms with Crippen LogP contribution >= 0.6 is 0 Å². The standard InChI is InChI=1S/C17H15N5O10/c1-9(10-3-4-15(31-2)13(5-10)21(27)28)18-19-11-6-16(32-8-17(23)24)14(22(29)30)7-12(11)20(25)26/h3-7,19H,8H2,1-2H3,(H,23,24). The summed E-state index contributed by atoms with van der Waals surface area (Å²) in [7, 11) is 1.27. The minimum Gasteiger partial charge on any atom is -0.490 e. The van der Waals surface area contributed by atoms with Gasteiger partial charge in [-0.25, -0.2) is 4.79 Å². The van der Waals surface area contributed by atoms with E-state index >= 15 is 0 Å². The van der Waals surface area contributed by atoms with Crippen LogP contribution < -0.4 is 14.9 Å². The average Bonchev–Trinajstić information content (AvgIpc) is 2.74. The molecular weight excluding hydrogens is 434 g/mol. The number of anilines is 1. The molecule has 0 radical (unpaired) electrons. The fourth-order valence-corrected chi connectivity index (χ4v) is 2.46. The van der Waals surface area contributed by atoms with Crippen molar-refractivity contribution in [1.82, 2.24) is 0 Å². The Kier molecular flexibility index (Phi) is 7.18. The molecule has 15 heteroatoms. The van der Waals surface area contributed by atoms with Gasteiger partial charge in [0.15, 0.2) is 18.1 Å². The van der Waals surface area contributed by atoms with Crippen LogP contribution in [0.3, 0.4) is 0 Å². The van der Waals surface area contributed by atoms with Gasteiger partial charge in [-0.3, -0.25) is 35.8 Å². The van der Waals surface area contributed by atoms with Crippen molar-refractivity contribution in [2.24, 2.45) is 5.10 Å². The van der Waals surface area contributed by atoms with E-state index in [-0.39, 0.29) is 28.4 Å². The van der Waals surface area contributed by atoms with E-state index in [1.54, 1.807) is 0 Å². The highest BCUT2D eigenvalue weighted by molar-refractivity contribution is 6.00. The first-order chi connectivity index (χ1) is 15.0. The summed E-state index contributed by atoms with van der Waals surface area (Å²) in [5.74, 6) is -1.92. The molecule has 0 spiro atoms. The molecule has 2 N–H and O–H groups in total. The Hall–Kier alpha value is -4.82. The minimum absolute atomic E-state index is 0.0192. The first-order valence-corrected chi connectivity index (χ1v) is 8.49. The number of methoxy groups -OCH3 is 1. The number of rotatable bonds is 10. The van der Waals surface area contributed by atoms with Crippen molar-refractivity contribution in [1.29, 1.82) is 0 Å². The third kappa shape index (κ3) is 5.41. The van der Waals surface area contributed by atoms with Crippen LogP contribution in [-0.4, -0.2) is 45.3 Å². The zero-order chi connectivity index (χ0) is 24.0. The maximum absolute atomic E-state index is 11.3. The summed E-state index contributed by atoms with van der Waals surface area (Å²) in [6.07, 6.45) is 0. The topological polar surface area (TPSA) is 210 Å². The van der Waals surface area contributed by atoms with E-state index in [2.05, 4.69) is 10.5 Å². The maximum atomic E-state index is 11.3. The molecule has 2 aromatic carbocycles. The van der Waals surface area contributed by atoms with Crippen LogP contribution in [0.1, 0.15) is 12.5 Å². The predicted molar refractivity (Wildman–Crippen MR) is 108 cm³/mol. The quantitative estimate of drug-likeness (QED) is 0.306. The van der Waals surface area contributed by atoms with Crippen molar-refractivity contribution < 1.29 is 34.1 Å². The molecule has 0 aliphatic rings. The summed E-state index contributed by atoms with van der Waals surface area (Å²) in [5, 5.41) is 46.4. The lowest BCUT2D eigenvalue weighted by atomic mass is 10.1. The molecule has 0 saturated heterocycles. The van der Waals surface area contributed by atoms with Gasteiger partial charge in [0, 0.05) is 17.7 Å². The molecule has 168 valence electrons.